The molecule has 0 unspecified atom stereocenters. The molecule has 6 nitrogen and oxygen atoms in total. The Morgan fingerprint density at radius 3 is 2.50 bits per heavy atom. The van der Waals surface area contributed by atoms with E-state index in [2.05, 4.69) is 0 Å². The van der Waals surface area contributed by atoms with Gasteiger partial charge in [0, 0.05) is 17.7 Å². The number of hydrogen-bond acceptors (Lipinski definition) is 5. The molecule has 30 heavy (non-hydrogen) atoms. The summed E-state index contributed by atoms with van der Waals surface area (Å²) in [6, 6.07) is 18.3. The summed E-state index contributed by atoms with van der Waals surface area (Å²) < 4.78 is 11.9. The number of non-ortho nitro benzene ring substituents is 1. The van der Waals surface area contributed by atoms with Gasteiger partial charge in [-0.2, -0.15) is 0 Å². The van der Waals surface area contributed by atoms with Crippen molar-refractivity contribution in [2.24, 2.45) is 0 Å². The average molecular weight is 422 g/mol. The molecule has 0 bridgehead atoms. The Hall–Kier alpha value is -3.64. The fraction of sp³-hybridized carbons (Fsp3) is 0.0870. The van der Waals surface area contributed by atoms with Crippen LogP contribution in [0.3, 0.4) is 0 Å². The van der Waals surface area contributed by atoms with E-state index in [9.17, 15) is 14.9 Å². The molecule has 0 saturated carbocycles. The van der Waals surface area contributed by atoms with E-state index in [1.807, 2.05) is 13.0 Å². The molecule has 0 spiro atoms. The maximum atomic E-state index is 13.2. The van der Waals surface area contributed by atoms with E-state index in [-0.39, 0.29) is 29.2 Å². The van der Waals surface area contributed by atoms with Crippen LogP contribution >= 0.6 is 11.6 Å². The fourth-order valence-electron chi connectivity index (χ4n) is 3.11. The molecular weight excluding hydrogens is 406 g/mol. The van der Waals surface area contributed by atoms with Gasteiger partial charge in [-0.1, -0.05) is 29.8 Å². The molecule has 0 radical (unpaired) electrons. The van der Waals surface area contributed by atoms with E-state index >= 15 is 0 Å². The Kier molecular flexibility index (Phi) is 5.25. The van der Waals surface area contributed by atoms with Crippen LogP contribution in [0.25, 0.3) is 22.3 Å². The van der Waals surface area contributed by atoms with Crippen molar-refractivity contribution in [3.05, 3.63) is 103 Å². The Morgan fingerprint density at radius 2 is 1.80 bits per heavy atom. The number of aryl methyl sites for hydroxylation is 1. The number of hydrogen-bond donors (Lipinski definition) is 0. The van der Waals surface area contributed by atoms with Gasteiger partial charge in [-0.3, -0.25) is 14.9 Å². The number of benzene rings is 3. The van der Waals surface area contributed by atoms with Crippen LogP contribution in [0.5, 0.6) is 5.75 Å². The van der Waals surface area contributed by atoms with Crippen molar-refractivity contribution >= 4 is 28.3 Å². The SMILES string of the molecule is Cc1ccc2c(=O)c(OCc3ccc([N+](=O)[O-])cc3)c(-c3ccccc3Cl)oc2c1. The summed E-state index contributed by atoms with van der Waals surface area (Å²) in [7, 11) is 0. The topological polar surface area (TPSA) is 82.6 Å². The lowest BCUT2D eigenvalue weighted by Gasteiger charge is -2.13. The zero-order chi connectivity index (χ0) is 21.3. The normalized spacial score (nSPS) is 10.9. The van der Waals surface area contributed by atoms with Gasteiger partial charge in [-0.05, 0) is 54.4 Å². The molecule has 7 heteroatoms. The van der Waals surface area contributed by atoms with E-state index in [0.29, 0.717) is 27.1 Å². The van der Waals surface area contributed by atoms with E-state index in [1.165, 1.54) is 12.1 Å². The minimum absolute atomic E-state index is 0.0175. The van der Waals surface area contributed by atoms with Crippen LogP contribution in [0.4, 0.5) is 5.69 Å². The summed E-state index contributed by atoms with van der Waals surface area (Å²) in [6.45, 7) is 1.95. The molecule has 4 aromatic rings. The molecule has 0 aliphatic rings. The zero-order valence-corrected chi connectivity index (χ0v) is 16.7. The van der Waals surface area contributed by atoms with Crippen molar-refractivity contribution in [3.63, 3.8) is 0 Å². The summed E-state index contributed by atoms with van der Waals surface area (Å²) in [5.74, 6) is 0.281. The third kappa shape index (κ3) is 3.77. The predicted octanol–water partition coefficient (Wildman–Crippen LogP) is 5.91. The number of rotatable bonds is 5. The first-order valence-electron chi connectivity index (χ1n) is 9.12. The first-order valence-corrected chi connectivity index (χ1v) is 9.50. The molecule has 0 aliphatic heterocycles. The van der Waals surface area contributed by atoms with Crippen molar-refractivity contribution in [1.29, 1.82) is 0 Å². The predicted molar refractivity (Wildman–Crippen MR) is 115 cm³/mol. The molecule has 0 atom stereocenters. The van der Waals surface area contributed by atoms with Gasteiger partial charge in [0.25, 0.3) is 5.69 Å². The molecule has 0 fully saturated rings. The van der Waals surface area contributed by atoms with Gasteiger partial charge >= 0.3 is 0 Å². The summed E-state index contributed by atoms with van der Waals surface area (Å²) >= 11 is 6.35. The summed E-state index contributed by atoms with van der Waals surface area (Å²) in [6.07, 6.45) is 0. The first-order chi connectivity index (χ1) is 14.4. The lowest BCUT2D eigenvalue weighted by Crippen LogP contribution is -2.10. The Bertz CT molecular complexity index is 1310. The maximum Gasteiger partial charge on any atom is 0.269 e. The quantitative estimate of drug-likeness (QED) is 0.295. The van der Waals surface area contributed by atoms with E-state index < -0.39 is 4.92 Å². The Labute approximate surface area is 176 Å². The number of nitro groups is 1. The van der Waals surface area contributed by atoms with Gasteiger partial charge in [0.2, 0.25) is 11.2 Å². The lowest BCUT2D eigenvalue weighted by atomic mass is 10.1. The summed E-state index contributed by atoms with van der Waals surface area (Å²) in [5.41, 5.74) is 2.28. The molecule has 0 saturated heterocycles. The Morgan fingerprint density at radius 1 is 1.07 bits per heavy atom. The average Bonchev–Trinajstić information content (AvgIpc) is 2.73. The smallest absolute Gasteiger partial charge is 0.269 e. The van der Waals surface area contributed by atoms with Gasteiger partial charge in [-0.25, -0.2) is 0 Å². The van der Waals surface area contributed by atoms with E-state index in [1.54, 1.807) is 48.5 Å². The molecular formula is C23H16ClNO5. The van der Waals surface area contributed by atoms with Gasteiger partial charge in [0.1, 0.15) is 12.2 Å². The number of ether oxygens (including phenoxy) is 1. The van der Waals surface area contributed by atoms with Crippen molar-refractivity contribution < 1.29 is 14.1 Å². The largest absolute Gasteiger partial charge is 0.481 e. The number of fused-ring (bicyclic) bond motifs is 1. The van der Waals surface area contributed by atoms with Gasteiger partial charge in [0.15, 0.2) is 5.76 Å². The fourth-order valence-corrected chi connectivity index (χ4v) is 3.33. The second-order valence-electron chi connectivity index (χ2n) is 6.78. The van der Waals surface area contributed by atoms with Crippen molar-refractivity contribution in [2.75, 3.05) is 0 Å². The van der Waals surface area contributed by atoms with Crippen molar-refractivity contribution in [2.45, 2.75) is 13.5 Å². The molecule has 0 aliphatic carbocycles. The second kappa shape index (κ2) is 8.00. The molecule has 3 aromatic carbocycles. The van der Waals surface area contributed by atoms with Crippen LogP contribution in [0.15, 0.2) is 75.9 Å². The number of nitro benzene ring substituents is 1. The molecule has 150 valence electrons. The van der Waals surface area contributed by atoms with Crippen LogP contribution in [0.1, 0.15) is 11.1 Å². The minimum atomic E-state index is -0.472. The number of halogens is 1. The number of nitrogens with zero attached hydrogens (tertiary/aromatic N) is 1. The van der Waals surface area contributed by atoms with Crippen LogP contribution < -0.4 is 10.2 Å². The highest BCUT2D eigenvalue weighted by Gasteiger charge is 2.20. The minimum Gasteiger partial charge on any atom is -0.481 e. The Balaban J connectivity index is 1.81. The summed E-state index contributed by atoms with van der Waals surface area (Å²) in [4.78, 5) is 23.5. The van der Waals surface area contributed by atoms with Crippen LogP contribution in [-0.2, 0) is 6.61 Å². The van der Waals surface area contributed by atoms with Crippen LogP contribution in [-0.4, -0.2) is 4.92 Å². The van der Waals surface area contributed by atoms with E-state index in [0.717, 1.165) is 5.56 Å². The monoisotopic (exact) mass is 421 g/mol. The summed E-state index contributed by atoms with van der Waals surface area (Å²) in [5, 5.41) is 11.6. The third-order valence-corrected chi connectivity index (χ3v) is 4.98. The lowest BCUT2D eigenvalue weighted by molar-refractivity contribution is -0.384. The van der Waals surface area contributed by atoms with Crippen LogP contribution in [0, 0.1) is 17.0 Å². The zero-order valence-electron chi connectivity index (χ0n) is 15.9. The highest BCUT2D eigenvalue weighted by atomic mass is 35.5. The van der Waals surface area contributed by atoms with Crippen molar-refractivity contribution in [3.8, 4) is 17.1 Å². The second-order valence-corrected chi connectivity index (χ2v) is 7.19. The van der Waals surface area contributed by atoms with Gasteiger partial charge < -0.3 is 9.15 Å². The standard InChI is InChI=1S/C23H16ClNO5/c1-14-6-11-18-20(12-14)30-22(17-4-2-3-5-19(17)24)23(21(18)26)29-13-15-7-9-16(10-8-15)25(27)28/h2-12H,13H2,1H3. The highest BCUT2D eigenvalue weighted by Crippen LogP contribution is 2.35. The molecule has 1 aromatic heterocycles. The highest BCUT2D eigenvalue weighted by molar-refractivity contribution is 6.33. The van der Waals surface area contributed by atoms with E-state index in [4.69, 9.17) is 20.8 Å². The molecule has 4 rings (SSSR count). The first kappa shape index (κ1) is 19.7. The molecule has 0 amide bonds. The molecule has 0 N–H and O–H groups in total. The van der Waals surface area contributed by atoms with Gasteiger partial charge in [0.05, 0.1) is 15.3 Å². The third-order valence-electron chi connectivity index (χ3n) is 4.66. The van der Waals surface area contributed by atoms with Gasteiger partial charge in [-0.15, -0.1) is 0 Å². The van der Waals surface area contributed by atoms with Crippen molar-refractivity contribution in [1.82, 2.24) is 0 Å². The maximum absolute atomic E-state index is 13.2. The van der Waals surface area contributed by atoms with Crippen LogP contribution in [0.2, 0.25) is 5.02 Å². The molecule has 1 heterocycles.